The van der Waals surface area contributed by atoms with Crippen LogP contribution >= 0.6 is 35.1 Å². The van der Waals surface area contributed by atoms with Gasteiger partial charge in [-0.3, -0.25) is 9.89 Å². The van der Waals surface area contributed by atoms with Gasteiger partial charge in [0, 0.05) is 21.4 Å². The number of hydrogen-bond acceptors (Lipinski definition) is 5. The zero-order valence-electron chi connectivity index (χ0n) is 14.0. The molecule has 8 heteroatoms. The number of carbonyl (C=O) groups is 1. The van der Waals surface area contributed by atoms with E-state index >= 15 is 0 Å². The standard InChI is InChI=1S/C18H17ClN4OS2/c1-12-20-18(23-22-12)26-10-13-2-6-15(7-3-13)21-17(24)11-25-16-8-4-14(19)5-9-16/h2-9H,10-11H2,1H3,(H,21,24)(H,20,22,23). The number of amides is 1. The van der Waals surface area contributed by atoms with Crippen molar-refractivity contribution in [3.05, 3.63) is 64.9 Å². The molecule has 2 aromatic carbocycles. The Balaban J connectivity index is 1.45. The van der Waals surface area contributed by atoms with Crippen LogP contribution in [0.25, 0.3) is 0 Å². The maximum Gasteiger partial charge on any atom is 0.234 e. The molecule has 0 saturated carbocycles. The second-order valence-corrected chi connectivity index (χ2v) is 7.91. The van der Waals surface area contributed by atoms with E-state index in [4.69, 9.17) is 11.6 Å². The van der Waals surface area contributed by atoms with Crippen LogP contribution < -0.4 is 5.32 Å². The fourth-order valence-corrected chi connectivity index (χ4v) is 3.72. The van der Waals surface area contributed by atoms with Gasteiger partial charge in [-0.05, 0) is 48.9 Å². The Hall–Kier alpha value is -1.96. The van der Waals surface area contributed by atoms with E-state index in [9.17, 15) is 4.79 Å². The molecule has 0 fully saturated rings. The maximum atomic E-state index is 12.1. The van der Waals surface area contributed by atoms with Crippen LogP contribution in [0.15, 0.2) is 58.6 Å². The predicted molar refractivity (Wildman–Crippen MR) is 108 cm³/mol. The lowest BCUT2D eigenvalue weighted by Gasteiger charge is -2.06. The molecule has 1 aromatic heterocycles. The van der Waals surface area contributed by atoms with Crippen molar-refractivity contribution in [2.45, 2.75) is 22.7 Å². The Morgan fingerprint density at radius 1 is 1.12 bits per heavy atom. The van der Waals surface area contributed by atoms with Crippen LogP contribution in [-0.4, -0.2) is 26.8 Å². The number of rotatable bonds is 7. The molecular weight excluding hydrogens is 388 g/mol. The summed E-state index contributed by atoms with van der Waals surface area (Å²) in [6, 6.07) is 15.2. The van der Waals surface area contributed by atoms with E-state index in [1.165, 1.54) is 11.8 Å². The van der Waals surface area contributed by atoms with Crippen molar-refractivity contribution in [3.63, 3.8) is 0 Å². The van der Waals surface area contributed by atoms with Gasteiger partial charge in [0.25, 0.3) is 0 Å². The molecule has 26 heavy (non-hydrogen) atoms. The number of benzene rings is 2. The van der Waals surface area contributed by atoms with Crippen molar-refractivity contribution < 1.29 is 4.79 Å². The van der Waals surface area contributed by atoms with Crippen molar-refractivity contribution >= 4 is 46.7 Å². The minimum absolute atomic E-state index is 0.0386. The molecule has 0 aliphatic heterocycles. The maximum absolute atomic E-state index is 12.1. The third kappa shape index (κ3) is 5.79. The number of carbonyl (C=O) groups excluding carboxylic acids is 1. The molecule has 3 aromatic rings. The van der Waals surface area contributed by atoms with Crippen molar-refractivity contribution in [3.8, 4) is 0 Å². The highest BCUT2D eigenvalue weighted by Gasteiger charge is 2.05. The molecule has 0 aliphatic rings. The van der Waals surface area contributed by atoms with Crippen LogP contribution in [0.3, 0.4) is 0 Å². The second-order valence-electron chi connectivity index (χ2n) is 5.48. The number of nitrogens with one attached hydrogen (secondary N) is 2. The molecule has 0 unspecified atom stereocenters. The number of anilines is 1. The minimum atomic E-state index is -0.0386. The zero-order valence-corrected chi connectivity index (χ0v) is 16.4. The number of aryl methyl sites for hydroxylation is 1. The van der Waals surface area contributed by atoms with E-state index < -0.39 is 0 Å². The van der Waals surface area contributed by atoms with Crippen LogP contribution in [0, 0.1) is 6.92 Å². The minimum Gasteiger partial charge on any atom is -0.325 e. The average Bonchev–Trinajstić information content (AvgIpc) is 3.06. The first kappa shape index (κ1) is 18.8. The fraction of sp³-hybridized carbons (Fsp3) is 0.167. The highest BCUT2D eigenvalue weighted by molar-refractivity contribution is 8.00. The number of aromatic nitrogens is 3. The Bertz CT molecular complexity index is 866. The van der Waals surface area contributed by atoms with Crippen molar-refractivity contribution in [1.82, 2.24) is 15.2 Å². The Kier molecular flexibility index (Phi) is 6.60. The average molecular weight is 405 g/mol. The molecule has 1 heterocycles. The zero-order chi connectivity index (χ0) is 18.4. The normalized spacial score (nSPS) is 10.7. The summed E-state index contributed by atoms with van der Waals surface area (Å²) in [4.78, 5) is 17.3. The molecule has 5 nitrogen and oxygen atoms in total. The number of H-pyrrole nitrogens is 1. The van der Waals surface area contributed by atoms with Crippen LogP contribution in [0.2, 0.25) is 5.02 Å². The van der Waals surface area contributed by atoms with Gasteiger partial charge >= 0.3 is 0 Å². The van der Waals surface area contributed by atoms with Crippen LogP contribution in [0.1, 0.15) is 11.4 Å². The lowest BCUT2D eigenvalue weighted by atomic mass is 10.2. The number of nitrogens with zero attached hydrogens (tertiary/aromatic N) is 2. The summed E-state index contributed by atoms with van der Waals surface area (Å²) in [7, 11) is 0. The van der Waals surface area contributed by atoms with Gasteiger partial charge in [-0.2, -0.15) is 0 Å². The molecule has 1 amide bonds. The Morgan fingerprint density at radius 2 is 1.85 bits per heavy atom. The Morgan fingerprint density at radius 3 is 2.50 bits per heavy atom. The topological polar surface area (TPSA) is 70.7 Å². The summed E-state index contributed by atoms with van der Waals surface area (Å²) < 4.78 is 0. The fourth-order valence-electron chi connectivity index (χ4n) is 2.10. The van der Waals surface area contributed by atoms with Crippen molar-refractivity contribution in [2.75, 3.05) is 11.1 Å². The lowest BCUT2D eigenvalue weighted by molar-refractivity contribution is -0.113. The number of halogens is 1. The molecule has 3 rings (SSSR count). The first-order valence-corrected chi connectivity index (χ1v) is 10.2. The first-order valence-electron chi connectivity index (χ1n) is 7.87. The lowest BCUT2D eigenvalue weighted by Crippen LogP contribution is -2.13. The van der Waals surface area contributed by atoms with Gasteiger partial charge < -0.3 is 5.32 Å². The molecule has 0 bridgehead atoms. The quantitative estimate of drug-likeness (QED) is 0.554. The van der Waals surface area contributed by atoms with Crippen LogP contribution in [-0.2, 0) is 10.5 Å². The van der Waals surface area contributed by atoms with Gasteiger partial charge in [0.1, 0.15) is 5.82 Å². The summed E-state index contributed by atoms with van der Waals surface area (Å²) in [6.07, 6.45) is 0. The molecule has 2 N–H and O–H groups in total. The Labute approximate surface area is 165 Å². The summed E-state index contributed by atoms with van der Waals surface area (Å²) in [5, 5.41) is 11.3. The van der Waals surface area contributed by atoms with E-state index in [0.717, 1.165) is 32.9 Å². The van der Waals surface area contributed by atoms with E-state index in [-0.39, 0.29) is 5.91 Å². The first-order chi connectivity index (χ1) is 12.6. The van der Waals surface area contributed by atoms with Crippen molar-refractivity contribution in [2.24, 2.45) is 0 Å². The van der Waals surface area contributed by atoms with Crippen molar-refractivity contribution in [1.29, 1.82) is 0 Å². The van der Waals surface area contributed by atoms with Crippen LogP contribution in [0.4, 0.5) is 5.69 Å². The molecule has 0 radical (unpaired) electrons. The van der Waals surface area contributed by atoms with E-state index in [2.05, 4.69) is 20.5 Å². The van der Waals surface area contributed by atoms with Gasteiger partial charge in [0.15, 0.2) is 0 Å². The summed E-state index contributed by atoms with van der Waals surface area (Å²) in [6.45, 7) is 1.87. The third-order valence-corrected chi connectivity index (χ3v) is 5.55. The highest BCUT2D eigenvalue weighted by Crippen LogP contribution is 2.22. The summed E-state index contributed by atoms with van der Waals surface area (Å²) in [5.41, 5.74) is 1.93. The van der Waals surface area contributed by atoms with E-state index in [1.54, 1.807) is 11.8 Å². The summed E-state index contributed by atoms with van der Waals surface area (Å²) >= 11 is 8.90. The van der Waals surface area contributed by atoms with E-state index in [1.807, 2.05) is 55.5 Å². The molecular formula is C18H17ClN4OS2. The summed E-state index contributed by atoms with van der Waals surface area (Å²) in [5.74, 6) is 1.90. The highest BCUT2D eigenvalue weighted by atomic mass is 35.5. The number of thioether (sulfide) groups is 2. The SMILES string of the molecule is Cc1nc(SCc2ccc(NC(=O)CSc3ccc(Cl)cc3)cc2)n[nH]1. The van der Waals surface area contributed by atoms with Crippen LogP contribution in [0.5, 0.6) is 0 Å². The van der Waals surface area contributed by atoms with E-state index in [0.29, 0.717) is 10.8 Å². The number of hydrogen-bond donors (Lipinski definition) is 2. The molecule has 0 atom stereocenters. The largest absolute Gasteiger partial charge is 0.325 e. The van der Waals surface area contributed by atoms with Gasteiger partial charge in [0.2, 0.25) is 11.1 Å². The van der Waals surface area contributed by atoms with Gasteiger partial charge in [0.05, 0.1) is 5.75 Å². The molecule has 0 aliphatic carbocycles. The predicted octanol–water partition coefficient (Wildman–Crippen LogP) is 4.79. The molecule has 0 saturated heterocycles. The smallest absolute Gasteiger partial charge is 0.234 e. The molecule has 134 valence electrons. The monoisotopic (exact) mass is 404 g/mol. The van der Waals surface area contributed by atoms with Gasteiger partial charge in [-0.25, -0.2) is 4.98 Å². The van der Waals surface area contributed by atoms with Gasteiger partial charge in [-0.15, -0.1) is 16.9 Å². The third-order valence-electron chi connectivity index (χ3n) is 3.37. The second kappa shape index (κ2) is 9.12. The molecule has 0 spiro atoms. The van der Waals surface area contributed by atoms with Gasteiger partial charge in [-0.1, -0.05) is 35.5 Å². The number of aromatic amines is 1.